The highest BCUT2D eigenvalue weighted by molar-refractivity contribution is 7.09. The maximum absolute atomic E-state index is 12.4. The van der Waals surface area contributed by atoms with Gasteiger partial charge in [-0.25, -0.2) is 4.98 Å². The Morgan fingerprint density at radius 1 is 1.03 bits per heavy atom. The van der Waals surface area contributed by atoms with Crippen molar-refractivity contribution in [2.75, 3.05) is 18.4 Å². The van der Waals surface area contributed by atoms with Crippen molar-refractivity contribution >= 4 is 40.6 Å². The number of carboxylic acid groups (broad SMARTS) is 2. The van der Waals surface area contributed by atoms with Crippen LogP contribution in [0.3, 0.4) is 0 Å². The number of thiazole rings is 1. The van der Waals surface area contributed by atoms with E-state index in [2.05, 4.69) is 21.7 Å². The van der Waals surface area contributed by atoms with Crippen molar-refractivity contribution in [3.8, 4) is 11.3 Å². The Kier molecular flexibility index (Phi) is 11.1. The maximum atomic E-state index is 12.4. The number of fused-ring (bicyclic) bond motifs is 1. The van der Waals surface area contributed by atoms with Crippen molar-refractivity contribution in [3.63, 3.8) is 0 Å². The highest BCUT2D eigenvalue weighted by Gasteiger charge is 2.27. The summed E-state index contributed by atoms with van der Waals surface area (Å²) < 4.78 is 37.2. The summed E-state index contributed by atoms with van der Waals surface area (Å²) in [5.74, 6) is -2.15. The lowest BCUT2D eigenvalue weighted by molar-refractivity contribution is -0.143. The Labute approximate surface area is 233 Å². The van der Waals surface area contributed by atoms with Crippen LogP contribution in [0.1, 0.15) is 41.0 Å². The van der Waals surface area contributed by atoms with Crippen molar-refractivity contribution < 1.29 is 33.0 Å². The number of alkyl halides is 3. The molecule has 0 radical (unpaired) electrons. The summed E-state index contributed by atoms with van der Waals surface area (Å²) in [5, 5.41) is 25.8. The molecule has 0 amide bonds. The minimum absolute atomic E-state index is 0.0755. The molecule has 12 heteroatoms. The van der Waals surface area contributed by atoms with E-state index >= 15 is 0 Å². The lowest BCUT2D eigenvalue weighted by Gasteiger charge is -2.16. The van der Waals surface area contributed by atoms with Gasteiger partial charge in [0.15, 0.2) is 0 Å². The Morgan fingerprint density at radius 3 is 2.33 bits per heavy atom. The molecule has 4 rings (SSSR count). The van der Waals surface area contributed by atoms with Crippen LogP contribution >= 0.6 is 22.9 Å². The number of carboxylic acids is 2. The summed E-state index contributed by atoms with van der Waals surface area (Å²) in [7, 11) is 0. The van der Waals surface area contributed by atoms with Gasteiger partial charge in [-0.05, 0) is 48.7 Å². The number of aliphatic carboxylic acids is 2. The molecule has 0 saturated carbocycles. The first-order valence-electron chi connectivity index (χ1n) is 12.3. The molecule has 1 aliphatic rings. The fraction of sp³-hybridized carbons (Fsp3) is 0.370. The van der Waals surface area contributed by atoms with Crippen molar-refractivity contribution in [3.05, 3.63) is 68.5 Å². The van der Waals surface area contributed by atoms with E-state index in [1.54, 1.807) is 0 Å². The Hall–Kier alpha value is -3.15. The average molecular weight is 584 g/mol. The summed E-state index contributed by atoms with van der Waals surface area (Å²) >= 11 is 7.75. The second-order valence-corrected chi connectivity index (χ2v) is 10.2. The van der Waals surface area contributed by atoms with Gasteiger partial charge in [0, 0.05) is 30.3 Å². The molecule has 210 valence electrons. The minimum Gasteiger partial charge on any atom is -0.481 e. The lowest BCUT2D eigenvalue weighted by Crippen LogP contribution is -2.16. The van der Waals surface area contributed by atoms with Crippen molar-refractivity contribution in [1.29, 1.82) is 0 Å². The molecule has 2 aromatic carbocycles. The van der Waals surface area contributed by atoms with Gasteiger partial charge >= 0.3 is 18.1 Å². The molecule has 3 aromatic rings. The Bertz CT molecular complexity index is 1250. The zero-order chi connectivity index (χ0) is 28.4. The predicted molar refractivity (Wildman–Crippen MR) is 145 cm³/mol. The van der Waals surface area contributed by atoms with Gasteiger partial charge in [-0.2, -0.15) is 13.2 Å². The number of benzene rings is 2. The van der Waals surface area contributed by atoms with Gasteiger partial charge in [0.2, 0.25) is 0 Å². The molecule has 4 N–H and O–H groups in total. The quantitative estimate of drug-likeness (QED) is 0.237. The number of nitrogens with one attached hydrogen (secondary N) is 2. The third-order valence-corrected chi connectivity index (χ3v) is 7.15. The summed E-state index contributed by atoms with van der Waals surface area (Å²) in [5.41, 5.74) is 6.32. The summed E-state index contributed by atoms with van der Waals surface area (Å²) in [6.45, 7) is 2.55. The highest BCUT2D eigenvalue weighted by Crippen LogP contribution is 2.31. The number of carbonyl (C=O) groups is 2. The molecule has 2 heterocycles. The molecule has 0 fully saturated rings. The van der Waals surface area contributed by atoms with Crippen molar-refractivity contribution in [2.24, 2.45) is 0 Å². The monoisotopic (exact) mass is 583 g/mol. The van der Waals surface area contributed by atoms with E-state index < -0.39 is 24.5 Å². The molecule has 0 unspecified atom stereocenters. The fourth-order valence-electron chi connectivity index (χ4n) is 3.94. The van der Waals surface area contributed by atoms with Gasteiger partial charge in [-0.1, -0.05) is 41.9 Å². The minimum atomic E-state index is -4.16. The molecule has 39 heavy (non-hydrogen) atoms. The van der Waals surface area contributed by atoms with Gasteiger partial charge in [0.05, 0.1) is 34.3 Å². The van der Waals surface area contributed by atoms with E-state index in [0.717, 1.165) is 47.8 Å². The van der Waals surface area contributed by atoms with Crippen LogP contribution in [-0.4, -0.2) is 46.4 Å². The number of anilines is 1. The number of nitrogens with zero attached hydrogens (tertiary/aromatic N) is 1. The van der Waals surface area contributed by atoms with Gasteiger partial charge in [-0.3, -0.25) is 9.59 Å². The van der Waals surface area contributed by atoms with E-state index in [1.165, 1.54) is 22.5 Å². The smallest absolute Gasteiger partial charge is 0.389 e. The molecule has 0 aliphatic carbocycles. The molecule has 7 nitrogen and oxygen atoms in total. The molecule has 0 bridgehead atoms. The van der Waals surface area contributed by atoms with E-state index in [0.29, 0.717) is 17.2 Å². The largest absolute Gasteiger partial charge is 0.481 e. The van der Waals surface area contributed by atoms with E-state index in [1.807, 2.05) is 35.7 Å². The summed E-state index contributed by atoms with van der Waals surface area (Å²) in [6.07, 6.45) is -3.73. The molecular weight excluding hydrogens is 555 g/mol. The normalized spacial score (nSPS) is 13.0. The number of halogens is 4. The predicted octanol–water partition coefficient (Wildman–Crippen LogP) is 6.19. The van der Waals surface area contributed by atoms with Crippen LogP contribution in [0.4, 0.5) is 18.9 Å². The number of aromatic nitrogens is 1. The molecular formula is C27H29ClF3N3O4S. The first-order chi connectivity index (χ1) is 18.5. The number of rotatable bonds is 9. The van der Waals surface area contributed by atoms with Crippen LogP contribution in [0.15, 0.2) is 41.8 Å². The Morgan fingerprint density at radius 2 is 1.69 bits per heavy atom. The van der Waals surface area contributed by atoms with Gasteiger partial charge in [0.1, 0.15) is 0 Å². The maximum Gasteiger partial charge on any atom is 0.389 e. The average Bonchev–Trinajstić information content (AvgIpc) is 3.23. The van der Waals surface area contributed by atoms with E-state index in [9.17, 15) is 22.8 Å². The van der Waals surface area contributed by atoms with Crippen LogP contribution in [0.5, 0.6) is 0 Å². The number of hydrogen-bond acceptors (Lipinski definition) is 6. The standard InChI is InChI=1S/C23H23ClF3N3S.C4H6O4/c24-19-6-5-16-8-11-28-12-9-18(16)22(19)29-13-15-1-3-17(4-2-15)20-14-31-21(30-20)7-10-23(25,26)27;5-3(6)1-2-4(7)8/h1-6,14,28-29H,7-13H2;1-2H2,(H,5,6)(H,7,8). The number of hydrogen-bond donors (Lipinski definition) is 4. The molecule has 0 atom stereocenters. The first kappa shape index (κ1) is 30.4. The SMILES string of the molecule is FC(F)(F)CCc1nc(-c2ccc(CNc3c(Cl)ccc4c3CCNCC4)cc2)cs1.O=C(O)CCC(=O)O. The van der Waals surface area contributed by atoms with Crippen LogP contribution < -0.4 is 10.6 Å². The van der Waals surface area contributed by atoms with Crippen LogP contribution in [0, 0.1) is 0 Å². The third kappa shape index (κ3) is 10.2. The zero-order valence-corrected chi connectivity index (χ0v) is 22.6. The second-order valence-electron chi connectivity index (χ2n) is 8.89. The third-order valence-electron chi connectivity index (χ3n) is 5.93. The van der Waals surface area contributed by atoms with Gasteiger partial charge in [-0.15, -0.1) is 11.3 Å². The first-order valence-corrected chi connectivity index (χ1v) is 13.6. The fourth-order valence-corrected chi connectivity index (χ4v) is 4.99. The van der Waals surface area contributed by atoms with Crippen molar-refractivity contribution in [1.82, 2.24) is 10.3 Å². The second kappa shape index (κ2) is 14.3. The number of aryl methyl sites for hydroxylation is 1. The Balaban J connectivity index is 0.000000459. The van der Waals surface area contributed by atoms with Crippen LogP contribution in [0.2, 0.25) is 5.02 Å². The van der Waals surface area contributed by atoms with E-state index in [4.69, 9.17) is 21.8 Å². The van der Waals surface area contributed by atoms with Gasteiger partial charge in [0.25, 0.3) is 0 Å². The zero-order valence-electron chi connectivity index (χ0n) is 21.0. The topological polar surface area (TPSA) is 112 Å². The highest BCUT2D eigenvalue weighted by atomic mass is 35.5. The molecule has 0 saturated heterocycles. The lowest BCUT2D eigenvalue weighted by atomic mass is 10.0. The van der Waals surface area contributed by atoms with E-state index in [-0.39, 0.29) is 19.3 Å². The molecule has 1 aromatic heterocycles. The van der Waals surface area contributed by atoms with Crippen LogP contribution in [-0.2, 0) is 35.4 Å². The summed E-state index contributed by atoms with van der Waals surface area (Å²) in [4.78, 5) is 23.6. The van der Waals surface area contributed by atoms with Gasteiger partial charge < -0.3 is 20.8 Å². The summed E-state index contributed by atoms with van der Waals surface area (Å²) in [6, 6.07) is 12.0. The van der Waals surface area contributed by atoms with Crippen LogP contribution in [0.25, 0.3) is 11.3 Å². The van der Waals surface area contributed by atoms with Crippen molar-refractivity contribution in [2.45, 2.75) is 51.2 Å². The molecule has 1 aliphatic heterocycles. The molecule has 0 spiro atoms.